The number of nitrogens with one attached hydrogen (secondary N) is 4. The largest absolute Gasteiger partial charge is 0.497 e. The Labute approximate surface area is 271 Å². The van der Waals surface area contributed by atoms with Crippen LogP contribution in [0.1, 0.15) is 77.7 Å². The second kappa shape index (κ2) is 14.8. The van der Waals surface area contributed by atoms with Gasteiger partial charge in [0.05, 0.1) is 7.11 Å². The maximum atomic E-state index is 13.7. The number of methoxy groups -OCH3 is 1. The quantitative estimate of drug-likeness (QED) is 0.308. The van der Waals surface area contributed by atoms with Crippen LogP contribution >= 0.6 is 0 Å². The van der Waals surface area contributed by atoms with Gasteiger partial charge in [0, 0.05) is 19.0 Å². The molecule has 3 aliphatic rings. The Morgan fingerprint density at radius 1 is 1.07 bits per heavy atom. The van der Waals surface area contributed by atoms with Crippen molar-refractivity contribution < 1.29 is 37.1 Å². The van der Waals surface area contributed by atoms with Gasteiger partial charge in [-0.1, -0.05) is 37.1 Å². The Bertz CT molecular complexity index is 1410. The molecule has 1 saturated heterocycles. The summed E-state index contributed by atoms with van der Waals surface area (Å²) >= 11 is 0. The molecule has 14 heteroatoms. The van der Waals surface area contributed by atoms with E-state index in [1.165, 1.54) is 4.90 Å². The molecule has 4 N–H and O–H groups in total. The molecule has 1 aromatic rings. The topological polar surface area (TPSA) is 172 Å². The van der Waals surface area contributed by atoms with Gasteiger partial charge < -0.3 is 25.0 Å². The highest BCUT2D eigenvalue weighted by molar-refractivity contribution is 7.88. The van der Waals surface area contributed by atoms with Crippen LogP contribution in [0.15, 0.2) is 36.4 Å². The number of amides is 4. The van der Waals surface area contributed by atoms with Gasteiger partial charge in [0.25, 0.3) is 5.91 Å². The summed E-state index contributed by atoms with van der Waals surface area (Å²) in [5, 5.41) is 5.52. The van der Waals surface area contributed by atoms with E-state index < -0.39 is 57.3 Å². The molecule has 1 saturated carbocycles. The van der Waals surface area contributed by atoms with Crippen LogP contribution < -0.4 is 24.8 Å². The molecule has 4 rings (SSSR count). The number of allylic oxidation sites excluding steroid dienone is 1. The molecule has 254 valence electrons. The minimum atomic E-state index is -4.23. The maximum Gasteiger partial charge on any atom is 0.408 e. The fourth-order valence-corrected chi connectivity index (χ4v) is 6.78. The first-order chi connectivity index (χ1) is 21.7. The number of rotatable bonds is 8. The zero-order valence-electron chi connectivity index (χ0n) is 27.1. The minimum Gasteiger partial charge on any atom is -0.497 e. The lowest BCUT2D eigenvalue weighted by atomic mass is 10.0. The number of alkyl carbamates (subject to hydrolysis) is 1. The number of ether oxygens (including phenoxy) is 2. The lowest BCUT2D eigenvalue weighted by Gasteiger charge is -2.30. The van der Waals surface area contributed by atoms with E-state index in [1.54, 1.807) is 40.0 Å². The molecule has 0 unspecified atom stereocenters. The van der Waals surface area contributed by atoms with Gasteiger partial charge in [0.1, 0.15) is 29.0 Å². The highest BCUT2D eigenvalue weighted by Crippen LogP contribution is 2.45. The van der Waals surface area contributed by atoms with Gasteiger partial charge in [-0.05, 0) is 83.4 Å². The molecule has 0 spiro atoms. The molecular weight excluding hydrogens is 614 g/mol. The van der Waals surface area contributed by atoms with Crippen LogP contribution in [0.25, 0.3) is 0 Å². The summed E-state index contributed by atoms with van der Waals surface area (Å²) in [5.41, 5.74) is -1.33. The first kappa shape index (κ1) is 35.2. The summed E-state index contributed by atoms with van der Waals surface area (Å²) in [4.78, 5) is 55.0. The highest BCUT2D eigenvalue weighted by atomic mass is 32.2. The van der Waals surface area contributed by atoms with E-state index in [0.717, 1.165) is 18.4 Å². The van der Waals surface area contributed by atoms with E-state index >= 15 is 0 Å². The van der Waals surface area contributed by atoms with Crippen molar-refractivity contribution in [2.45, 2.75) is 102 Å². The fraction of sp³-hybridized carbons (Fsp3) is 0.625. The number of benzene rings is 1. The monoisotopic (exact) mass is 661 g/mol. The summed E-state index contributed by atoms with van der Waals surface area (Å²) in [6.45, 7) is 5.58. The number of hydrogen-bond donors (Lipinski definition) is 4. The maximum absolute atomic E-state index is 13.7. The highest BCUT2D eigenvalue weighted by Gasteiger charge is 2.61. The summed E-state index contributed by atoms with van der Waals surface area (Å²) in [6.07, 6.45) is 8.06. The number of carbonyl (C=O) groups excluding carboxylic acids is 4. The molecule has 46 heavy (non-hydrogen) atoms. The number of nitrogens with zero attached hydrogens (tertiary/aromatic N) is 1. The SMILES string of the molecule is COc1ccc(CCNS(=O)(=O)NC(=O)[C@@]23C[C@H]2/C=C\CCCCC[C@H](NC(=O)OC(C)(C)C)C(=O)N2CCC[C@H]2C(=O)N3)cc1. The number of fused-ring (bicyclic) bond motifs is 2. The third-order valence-corrected chi connectivity index (χ3v) is 9.46. The normalized spacial score (nSPS) is 26.3. The van der Waals surface area contributed by atoms with Crippen LogP contribution in [-0.4, -0.2) is 80.6 Å². The molecular formula is C32H47N5O8S. The molecule has 2 heterocycles. The zero-order valence-corrected chi connectivity index (χ0v) is 27.9. The van der Waals surface area contributed by atoms with Gasteiger partial charge in [-0.15, -0.1) is 0 Å². The first-order valence-electron chi connectivity index (χ1n) is 16.0. The smallest absolute Gasteiger partial charge is 0.408 e. The summed E-state index contributed by atoms with van der Waals surface area (Å²) < 4.78 is 40.8. The van der Waals surface area contributed by atoms with Crippen molar-refractivity contribution in [2.75, 3.05) is 20.2 Å². The second-order valence-electron chi connectivity index (χ2n) is 13.2. The van der Waals surface area contributed by atoms with E-state index in [9.17, 15) is 27.6 Å². The van der Waals surface area contributed by atoms with Crippen molar-refractivity contribution in [1.29, 1.82) is 0 Å². The molecule has 1 aliphatic carbocycles. The molecule has 13 nitrogen and oxygen atoms in total. The Hall–Kier alpha value is -3.65. The molecule has 4 atom stereocenters. The fourth-order valence-electron chi connectivity index (χ4n) is 5.91. The Kier molecular flexibility index (Phi) is 11.4. The number of hydrogen-bond acceptors (Lipinski definition) is 8. The lowest BCUT2D eigenvalue weighted by Crippen LogP contribution is -2.59. The van der Waals surface area contributed by atoms with E-state index in [-0.39, 0.29) is 18.9 Å². The van der Waals surface area contributed by atoms with Gasteiger partial charge in [-0.2, -0.15) is 13.1 Å². The van der Waals surface area contributed by atoms with Crippen LogP contribution in [0.5, 0.6) is 5.75 Å². The van der Waals surface area contributed by atoms with Crippen LogP contribution in [0.2, 0.25) is 0 Å². The standard InChI is InChI=1S/C32H47N5O8S/c1-31(2,3)45-30(41)34-25-12-9-7-5-6-8-11-23-21-32(23,35-27(38)26-13-10-20-37(26)28(25)39)29(40)36-46(42,43)33-19-18-22-14-16-24(44-4)17-15-22/h8,11,14-17,23,25-26,33H,5-7,9-10,12-13,18-21H2,1-4H3,(H,34,41)(H,35,38)(H,36,40)/b11-8-/t23-,25+,26+,32-/m1/s1. The Morgan fingerprint density at radius 2 is 1.80 bits per heavy atom. The lowest BCUT2D eigenvalue weighted by molar-refractivity contribution is -0.141. The van der Waals surface area contributed by atoms with Crippen LogP contribution in [-0.2, 0) is 35.8 Å². The van der Waals surface area contributed by atoms with Gasteiger partial charge in [-0.25, -0.2) is 9.52 Å². The number of carbonyl (C=O) groups is 4. The molecule has 2 fully saturated rings. The Balaban J connectivity index is 1.45. The molecule has 0 aromatic heterocycles. The van der Waals surface area contributed by atoms with Crippen molar-refractivity contribution in [3.05, 3.63) is 42.0 Å². The summed E-state index contributed by atoms with van der Waals surface area (Å²) in [7, 11) is -2.67. The van der Waals surface area contributed by atoms with Gasteiger partial charge in [-0.3, -0.25) is 14.4 Å². The minimum absolute atomic E-state index is 0.0509. The molecule has 0 bridgehead atoms. The average Bonchev–Trinajstić information content (AvgIpc) is 3.44. The van der Waals surface area contributed by atoms with E-state index in [4.69, 9.17) is 9.47 Å². The second-order valence-corrected chi connectivity index (χ2v) is 14.7. The van der Waals surface area contributed by atoms with Gasteiger partial charge in [0.15, 0.2) is 0 Å². The van der Waals surface area contributed by atoms with Crippen molar-refractivity contribution >= 4 is 34.0 Å². The predicted octanol–water partition coefficient (Wildman–Crippen LogP) is 2.47. The van der Waals surface area contributed by atoms with Crippen molar-refractivity contribution in [1.82, 2.24) is 25.0 Å². The molecule has 2 aliphatic heterocycles. The van der Waals surface area contributed by atoms with Crippen molar-refractivity contribution in [3.63, 3.8) is 0 Å². The van der Waals surface area contributed by atoms with E-state index in [2.05, 4.69) is 20.1 Å². The zero-order chi connectivity index (χ0) is 33.5. The molecule has 1 aromatic carbocycles. The molecule has 0 radical (unpaired) electrons. The van der Waals surface area contributed by atoms with Crippen molar-refractivity contribution in [3.8, 4) is 5.75 Å². The summed E-state index contributed by atoms with van der Waals surface area (Å²) in [6, 6.07) is 5.47. The van der Waals surface area contributed by atoms with Crippen LogP contribution in [0.3, 0.4) is 0 Å². The first-order valence-corrected chi connectivity index (χ1v) is 17.4. The predicted molar refractivity (Wildman–Crippen MR) is 171 cm³/mol. The van der Waals surface area contributed by atoms with E-state index in [1.807, 2.05) is 24.3 Å². The van der Waals surface area contributed by atoms with Gasteiger partial charge in [0.2, 0.25) is 11.8 Å². The summed E-state index contributed by atoms with van der Waals surface area (Å²) in [5.74, 6) is -1.47. The third-order valence-electron chi connectivity index (χ3n) is 8.42. The van der Waals surface area contributed by atoms with Gasteiger partial charge >= 0.3 is 16.3 Å². The van der Waals surface area contributed by atoms with Crippen LogP contribution in [0.4, 0.5) is 4.79 Å². The van der Waals surface area contributed by atoms with E-state index in [0.29, 0.717) is 50.8 Å². The van der Waals surface area contributed by atoms with Crippen LogP contribution in [0, 0.1) is 5.92 Å². The average molecular weight is 662 g/mol. The van der Waals surface area contributed by atoms with Crippen molar-refractivity contribution in [2.24, 2.45) is 5.92 Å². The third kappa shape index (κ3) is 9.44. The molecule has 4 amide bonds. The Morgan fingerprint density at radius 3 is 2.50 bits per heavy atom.